The van der Waals surface area contributed by atoms with Crippen LogP contribution in [0.3, 0.4) is 0 Å². The zero-order valence-corrected chi connectivity index (χ0v) is 16.0. The summed E-state index contributed by atoms with van der Waals surface area (Å²) in [6.07, 6.45) is 1.62. The van der Waals surface area contributed by atoms with Gasteiger partial charge in [0.15, 0.2) is 11.5 Å². The highest BCUT2D eigenvalue weighted by Gasteiger charge is 2.14. The van der Waals surface area contributed by atoms with Crippen LogP contribution in [-0.2, 0) is 12.8 Å². The van der Waals surface area contributed by atoms with Crippen molar-refractivity contribution in [3.8, 4) is 17.2 Å². The number of benzene rings is 2. The lowest BCUT2D eigenvalue weighted by Crippen LogP contribution is -2.03. The monoisotopic (exact) mass is 368 g/mol. The molecule has 0 aliphatic rings. The van der Waals surface area contributed by atoms with E-state index in [0.29, 0.717) is 23.1 Å². The molecule has 3 aromatic rings. The smallest absolute Gasteiger partial charge is 0.222 e. The number of hydrogen-bond donors (Lipinski definition) is 2. The molecule has 0 aliphatic carbocycles. The topological polar surface area (TPSA) is 106 Å². The van der Waals surface area contributed by atoms with Crippen LogP contribution in [-0.4, -0.2) is 31.3 Å². The Morgan fingerprint density at radius 1 is 0.815 bits per heavy atom. The van der Waals surface area contributed by atoms with Crippen molar-refractivity contribution in [3.63, 3.8) is 0 Å². The molecule has 142 valence electrons. The van der Waals surface area contributed by atoms with Gasteiger partial charge in [-0.1, -0.05) is 6.07 Å². The Morgan fingerprint density at radius 3 is 1.96 bits per heavy atom. The van der Waals surface area contributed by atoms with E-state index in [1.54, 1.807) is 21.3 Å². The van der Waals surface area contributed by atoms with Crippen LogP contribution < -0.4 is 25.7 Å². The maximum atomic E-state index is 6.03. The van der Waals surface area contributed by atoms with Gasteiger partial charge in [-0.15, -0.1) is 0 Å². The molecule has 0 aliphatic heterocycles. The molecule has 0 amide bonds. The number of aromatic nitrogens is 2. The van der Waals surface area contributed by atoms with Gasteiger partial charge in [0.05, 0.1) is 26.8 Å². The zero-order valence-electron chi connectivity index (χ0n) is 16.0. The molecule has 0 fully saturated rings. The number of anilines is 2. The van der Waals surface area contributed by atoms with Crippen LogP contribution in [0.15, 0.2) is 24.3 Å². The van der Waals surface area contributed by atoms with Gasteiger partial charge in [0.25, 0.3) is 0 Å². The van der Waals surface area contributed by atoms with E-state index in [4.69, 9.17) is 25.7 Å². The Hall–Kier alpha value is -3.22. The van der Waals surface area contributed by atoms with E-state index in [-0.39, 0.29) is 5.95 Å². The van der Waals surface area contributed by atoms with Gasteiger partial charge >= 0.3 is 0 Å². The average Bonchev–Trinajstić information content (AvgIpc) is 2.66. The quantitative estimate of drug-likeness (QED) is 0.689. The van der Waals surface area contributed by atoms with Crippen molar-refractivity contribution < 1.29 is 14.2 Å². The summed E-state index contributed by atoms with van der Waals surface area (Å²) >= 11 is 0. The van der Waals surface area contributed by atoms with E-state index < -0.39 is 0 Å². The number of nitrogens with zero attached hydrogens (tertiary/aromatic N) is 2. The molecule has 7 heteroatoms. The van der Waals surface area contributed by atoms with Gasteiger partial charge in [-0.05, 0) is 54.7 Å². The predicted molar refractivity (Wildman–Crippen MR) is 107 cm³/mol. The number of nitrogens with two attached hydrogens (primary N) is 2. The summed E-state index contributed by atoms with van der Waals surface area (Å²) < 4.78 is 16.2. The second-order valence-electron chi connectivity index (χ2n) is 6.31. The first-order chi connectivity index (χ1) is 13.0. The van der Waals surface area contributed by atoms with Crippen molar-refractivity contribution in [2.45, 2.75) is 19.8 Å². The summed E-state index contributed by atoms with van der Waals surface area (Å²) in [5.74, 6) is 2.47. The van der Waals surface area contributed by atoms with Gasteiger partial charge in [0.1, 0.15) is 5.82 Å². The van der Waals surface area contributed by atoms with Crippen LogP contribution in [0.1, 0.15) is 16.7 Å². The van der Waals surface area contributed by atoms with Crippen molar-refractivity contribution in [1.82, 2.24) is 9.97 Å². The first-order valence-electron chi connectivity index (χ1n) is 8.58. The number of aryl methyl sites for hydroxylation is 3. The molecule has 0 saturated heterocycles. The third-order valence-electron chi connectivity index (χ3n) is 4.52. The van der Waals surface area contributed by atoms with Crippen LogP contribution in [0.2, 0.25) is 0 Å². The highest BCUT2D eigenvalue weighted by molar-refractivity contribution is 5.91. The van der Waals surface area contributed by atoms with Crippen molar-refractivity contribution in [1.29, 1.82) is 0 Å². The molecular weight excluding hydrogens is 344 g/mol. The maximum absolute atomic E-state index is 6.03. The molecule has 3 rings (SSSR count). The van der Waals surface area contributed by atoms with E-state index in [0.717, 1.165) is 40.4 Å². The molecule has 0 unspecified atom stereocenters. The summed E-state index contributed by atoms with van der Waals surface area (Å²) in [5, 5.41) is 0.823. The summed E-state index contributed by atoms with van der Waals surface area (Å²) in [6.45, 7) is 2.00. The SMILES string of the molecule is COc1cc(CCc2cc(C)c3nc(N)nc(N)c3c2)cc(OC)c1OC. The van der Waals surface area contributed by atoms with Gasteiger partial charge in [0.2, 0.25) is 11.7 Å². The van der Waals surface area contributed by atoms with Crippen LogP contribution in [0.5, 0.6) is 17.2 Å². The number of methoxy groups -OCH3 is 3. The summed E-state index contributed by atoms with van der Waals surface area (Å²) in [5.41, 5.74) is 15.8. The fourth-order valence-corrected chi connectivity index (χ4v) is 3.23. The number of hydrogen-bond acceptors (Lipinski definition) is 7. The van der Waals surface area contributed by atoms with Crippen molar-refractivity contribution in [2.75, 3.05) is 32.8 Å². The summed E-state index contributed by atoms with van der Waals surface area (Å²) in [7, 11) is 4.82. The van der Waals surface area contributed by atoms with Gasteiger partial charge in [0, 0.05) is 5.39 Å². The van der Waals surface area contributed by atoms with Crippen LogP contribution in [0, 0.1) is 6.92 Å². The molecule has 27 heavy (non-hydrogen) atoms. The van der Waals surface area contributed by atoms with E-state index in [9.17, 15) is 0 Å². The minimum absolute atomic E-state index is 0.188. The number of nitrogen functional groups attached to an aromatic ring is 2. The number of rotatable bonds is 6. The van der Waals surface area contributed by atoms with Gasteiger partial charge < -0.3 is 25.7 Å². The largest absolute Gasteiger partial charge is 0.493 e. The highest BCUT2D eigenvalue weighted by Crippen LogP contribution is 2.38. The lowest BCUT2D eigenvalue weighted by Gasteiger charge is -2.14. The van der Waals surface area contributed by atoms with Crippen LogP contribution in [0.4, 0.5) is 11.8 Å². The third-order valence-corrected chi connectivity index (χ3v) is 4.52. The average molecular weight is 368 g/mol. The minimum Gasteiger partial charge on any atom is -0.493 e. The van der Waals surface area contributed by atoms with Crippen LogP contribution >= 0.6 is 0 Å². The molecule has 0 atom stereocenters. The van der Waals surface area contributed by atoms with E-state index in [2.05, 4.69) is 16.0 Å². The van der Waals surface area contributed by atoms with Crippen molar-refractivity contribution in [3.05, 3.63) is 41.0 Å². The van der Waals surface area contributed by atoms with E-state index >= 15 is 0 Å². The minimum atomic E-state index is 0.188. The van der Waals surface area contributed by atoms with E-state index in [1.165, 1.54) is 0 Å². The molecule has 1 heterocycles. The molecule has 0 saturated carbocycles. The van der Waals surface area contributed by atoms with Crippen molar-refractivity contribution >= 4 is 22.7 Å². The molecule has 0 bridgehead atoms. The number of fused-ring (bicyclic) bond motifs is 1. The van der Waals surface area contributed by atoms with Gasteiger partial charge in [-0.3, -0.25) is 0 Å². The second kappa shape index (κ2) is 7.57. The second-order valence-corrected chi connectivity index (χ2v) is 6.31. The summed E-state index contributed by atoms with van der Waals surface area (Å²) in [4.78, 5) is 8.36. The summed E-state index contributed by atoms with van der Waals surface area (Å²) in [6, 6.07) is 8.06. The Balaban J connectivity index is 1.91. The standard InChI is InChI=1S/C20H24N4O3/c1-11-7-12(8-14-17(11)23-20(22)24-19(14)21)5-6-13-9-15(25-2)18(27-4)16(10-13)26-3/h7-10H,5-6H2,1-4H3,(H4,21,22,23,24). The molecule has 4 N–H and O–H groups in total. The molecular formula is C20H24N4O3. The zero-order chi connectivity index (χ0) is 19.6. The molecule has 2 aromatic carbocycles. The number of ether oxygens (including phenoxy) is 3. The molecule has 0 spiro atoms. The Bertz CT molecular complexity index is 964. The fourth-order valence-electron chi connectivity index (χ4n) is 3.23. The Morgan fingerprint density at radius 2 is 1.41 bits per heavy atom. The maximum Gasteiger partial charge on any atom is 0.222 e. The van der Waals surface area contributed by atoms with Gasteiger partial charge in [-0.2, -0.15) is 4.98 Å². The molecule has 7 nitrogen and oxygen atoms in total. The molecule has 1 aromatic heterocycles. The van der Waals surface area contributed by atoms with Gasteiger partial charge in [-0.25, -0.2) is 4.98 Å². The lowest BCUT2D eigenvalue weighted by molar-refractivity contribution is 0.324. The first-order valence-corrected chi connectivity index (χ1v) is 8.58. The van der Waals surface area contributed by atoms with Crippen molar-refractivity contribution in [2.24, 2.45) is 0 Å². The normalized spacial score (nSPS) is 10.8. The Kier molecular flexibility index (Phi) is 5.21. The fraction of sp³-hybridized carbons (Fsp3) is 0.300. The van der Waals surface area contributed by atoms with E-state index in [1.807, 2.05) is 25.1 Å². The first kappa shape index (κ1) is 18.6. The molecule has 0 radical (unpaired) electrons. The lowest BCUT2D eigenvalue weighted by atomic mass is 10.00. The third kappa shape index (κ3) is 3.67. The van der Waals surface area contributed by atoms with Crippen LogP contribution in [0.25, 0.3) is 10.9 Å². The Labute approximate surface area is 158 Å². The predicted octanol–water partition coefficient (Wildman–Crippen LogP) is 2.91. The highest BCUT2D eigenvalue weighted by atomic mass is 16.5.